The van der Waals surface area contributed by atoms with Crippen LogP contribution < -0.4 is 5.32 Å². The molecule has 1 aromatic rings. The number of ether oxygens (including phenoxy) is 2. The smallest absolute Gasteiger partial charge is 0.350 e. The van der Waals surface area contributed by atoms with Gasteiger partial charge >= 0.3 is 5.97 Å². The fourth-order valence-electron chi connectivity index (χ4n) is 2.13. The molecular weight excluding hydrogens is 264 g/mol. The number of aromatic nitrogens is 1. The molecule has 2 rings (SSSR count). The molecule has 0 saturated carbocycles. The predicted octanol–water partition coefficient (Wildman–Crippen LogP) is 2.61. The first-order valence-electron chi connectivity index (χ1n) is 6.62. The van der Waals surface area contributed by atoms with Gasteiger partial charge in [-0.15, -0.1) is 0 Å². The van der Waals surface area contributed by atoms with Gasteiger partial charge in [0.15, 0.2) is 5.13 Å². The second kappa shape index (κ2) is 6.86. The van der Waals surface area contributed by atoms with E-state index < -0.39 is 0 Å². The molecule has 1 fully saturated rings. The largest absolute Gasteiger partial charge is 0.465 e. The lowest BCUT2D eigenvalue weighted by Gasteiger charge is -2.22. The van der Waals surface area contributed by atoms with Gasteiger partial charge in [-0.05, 0) is 32.6 Å². The first-order valence-corrected chi connectivity index (χ1v) is 7.43. The van der Waals surface area contributed by atoms with Gasteiger partial charge in [0.1, 0.15) is 4.88 Å². The minimum atomic E-state index is -0.321. The Morgan fingerprint density at radius 1 is 1.58 bits per heavy atom. The van der Waals surface area contributed by atoms with Crippen LogP contribution >= 0.6 is 11.3 Å². The summed E-state index contributed by atoms with van der Waals surface area (Å²) in [5.74, 6) is -0.321. The van der Waals surface area contributed by atoms with Crippen molar-refractivity contribution in [3.05, 3.63) is 10.6 Å². The summed E-state index contributed by atoms with van der Waals surface area (Å²) in [7, 11) is 1.38. The Morgan fingerprint density at radius 3 is 3.11 bits per heavy atom. The van der Waals surface area contributed by atoms with Crippen LogP contribution in [-0.2, 0) is 9.47 Å². The molecule has 0 aromatic carbocycles. The molecule has 6 heteroatoms. The summed E-state index contributed by atoms with van der Waals surface area (Å²) in [5.41, 5.74) is 0.716. The van der Waals surface area contributed by atoms with Crippen LogP contribution in [0.5, 0.6) is 0 Å². The quantitative estimate of drug-likeness (QED) is 0.842. The monoisotopic (exact) mass is 284 g/mol. The number of hydrogen-bond donors (Lipinski definition) is 1. The molecule has 1 aromatic heterocycles. The van der Waals surface area contributed by atoms with Crippen LogP contribution in [0.25, 0.3) is 0 Å². The van der Waals surface area contributed by atoms with E-state index in [1.165, 1.54) is 31.3 Å². The first kappa shape index (κ1) is 14.3. The molecule has 1 unspecified atom stereocenters. The van der Waals surface area contributed by atoms with E-state index in [1.807, 2.05) is 6.92 Å². The highest BCUT2D eigenvalue weighted by atomic mass is 32.1. The highest BCUT2D eigenvalue weighted by molar-refractivity contribution is 7.17. The van der Waals surface area contributed by atoms with Crippen molar-refractivity contribution >= 4 is 22.4 Å². The summed E-state index contributed by atoms with van der Waals surface area (Å²) in [5, 5.41) is 4.02. The first-order chi connectivity index (χ1) is 9.20. The van der Waals surface area contributed by atoms with Gasteiger partial charge in [0.25, 0.3) is 0 Å². The second-order valence-corrected chi connectivity index (χ2v) is 5.63. The Balaban J connectivity index is 1.81. The van der Waals surface area contributed by atoms with Gasteiger partial charge in [0.05, 0.1) is 18.9 Å². The molecule has 0 radical (unpaired) electrons. The number of methoxy groups -OCH3 is 1. The number of esters is 1. The number of carbonyl (C=O) groups is 1. The maximum atomic E-state index is 11.5. The van der Waals surface area contributed by atoms with Crippen molar-refractivity contribution in [3.8, 4) is 0 Å². The highest BCUT2D eigenvalue weighted by Gasteiger charge is 2.16. The fraction of sp³-hybridized carbons (Fsp3) is 0.692. The average molecular weight is 284 g/mol. The normalized spacial score (nSPS) is 19.2. The van der Waals surface area contributed by atoms with Gasteiger partial charge in [-0.3, -0.25) is 0 Å². The molecule has 1 saturated heterocycles. The molecule has 1 aliphatic heterocycles. The zero-order valence-electron chi connectivity index (χ0n) is 11.4. The third-order valence-electron chi connectivity index (χ3n) is 3.18. The van der Waals surface area contributed by atoms with Gasteiger partial charge in [-0.25, -0.2) is 9.78 Å². The molecule has 1 aliphatic rings. The van der Waals surface area contributed by atoms with Crippen LogP contribution in [0.4, 0.5) is 5.13 Å². The summed E-state index contributed by atoms with van der Waals surface area (Å²) >= 11 is 1.34. The molecule has 1 atom stereocenters. The van der Waals surface area contributed by atoms with E-state index in [2.05, 4.69) is 10.3 Å². The van der Waals surface area contributed by atoms with E-state index in [-0.39, 0.29) is 5.97 Å². The van der Waals surface area contributed by atoms with E-state index in [9.17, 15) is 4.79 Å². The van der Waals surface area contributed by atoms with E-state index in [1.54, 1.807) is 0 Å². The zero-order chi connectivity index (χ0) is 13.7. The molecule has 0 bridgehead atoms. The molecule has 0 aliphatic carbocycles. The third-order valence-corrected chi connectivity index (χ3v) is 4.28. The molecule has 1 N–H and O–H groups in total. The maximum absolute atomic E-state index is 11.5. The summed E-state index contributed by atoms with van der Waals surface area (Å²) in [4.78, 5) is 16.4. The van der Waals surface area contributed by atoms with Crippen molar-refractivity contribution in [2.75, 3.05) is 25.6 Å². The summed E-state index contributed by atoms with van der Waals surface area (Å²) in [6.07, 6.45) is 4.92. The summed E-state index contributed by atoms with van der Waals surface area (Å²) in [6.45, 7) is 3.52. The van der Waals surface area contributed by atoms with Crippen molar-refractivity contribution in [2.45, 2.75) is 38.7 Å². The van der Waals surface area contributed by atoms with E-state index in [0.717, 1.165) is 31.1 Å². The van der Waals surface area contributed by atoms with E-state index in [0.29, 0.717) is 16.7 Å². The minimum absolute atomic E-state index is 0.321. The Labute approximate surface area is 117 Å². The number of anilines is 1. The van der Waals surface area contributed by atoms with E-state index in [4.69, 9.17) is 9.47 Å². The topological polar surface area (TPSA) is 60.5 Å². The number of nitrogens with zero attached hydrogens (tertiary/aromatic N) is 1. The van der Waals surface area contributed by atoms with Gasteiger partial charge < -0.3 is 14.8 Å². The Kier molecular flexibility index (Phi) is 5.15. The lowest BCUT2D eigenvalue weighted by Crippen LogP contribution is -2.21. The second-order valence-electron chi connectivity index (χ2n) is 4.63. The van der Waals surface area contributed by atoms with Crippen LogP contribution in [0.2, 0.25) is 0 Å². The third kappa shape index (κ3) is 3.91. The molecule has 5 nitrogen and oxygen atoms in total. The molecule has 106 valence electrons. The minimum Gasteiger partial charge on any atom is -0.465 e. The van der Waals surface area contributed by atoms with Crippen molar-refractivity contribution in [1.29, 1.82) is 0 Å². The van der Waals surface area contributed by atoms with Gasteiger partial charge in [-0.1, -0.05) is 11.3 Å². The van der Waals surface area contributed by atoms with Crippen molar-refractivity contribution < 1.29 is 14.3 Å². The summed E-state index contributed by atoms with van der Waals surface area (Å²) < 4.78 is 10.4. The molecule has 0 spiro atoms. The van der Waals surface area contributed by atoms with Gasteiger partial charge in [-0.2, -0.15) is 0 Å². The molecular formula is C13H20N2O3S. The number of carbonyl (C=O) groups excluding carboxylic acids is 1. The van der Waals surface area contributed by atoms with Crippen LogP contribution in [-0.4, -0.2) is 37.3 Å². The Hall–Kier alpha value is -1.14. The highest BCUT2D eigenvalue weighted by Crippen LogP contribution is 2.23. The molecule has 2 heterocycles. The number of rotatable bonds is 5. The molecule has 19 heavy (non-hydrogen) atoms. The van der Waals surface area contributed by atoms with E-state index >= 15 is 0 Å². The van der Waals surface area contributed by atoms with Crippen LogP contribution in [0.3, 0.4) is 0 Å². The van der Waals surface area contributed by atoms with Crippen LogP contribution in [0, 0.1) is 6.92 Å². The Bertz CT molecular complexity index is 428. The number of thiazole rings is 1. The lowest BCUT2D eigenvalue weighted by atomic mass is 10.1. The number of nitrogens with one attached hydrogen (secondary N) is 1. The molecule has 0 amide bonds. The van der Waals surface area contributed by atoms with Crippen LogP contribution in [0.15, 0.2) is 0 Å². The van der Waals surface area contributed by atoms with Gasteiger partial charge in [0.2, 0.25) is 0 Å². The SMILES string of the molecule is COC(=O)c1sc(NCCC2CCCCO2)nc1C. The number of aryl methyl sites for hydroxylation is 1. The number of hydrogen-bond acceptors (Lipinski definition) is 6. The summed E-state index contributed by atoms with van der Waals surface area (Å²) in [6, 6.07) is 0. The predicted molar refractivity (Wildman–Crippen MR) is 74.9 cm³/mol. The van der Waals surface area contributed by atoms with Crippen LogP contribution in [0.1, 0.15) is 41.0 Å². The van der Waals surface area contributed by atoms with Crippen molar-refractivity contribution in [2.24, 2.45) is 0 Å². The lowest BCUT2D eigenvalue weighted by molar-refractivity contribution is 0.0134. The van der Waals surface area contributed by atoms with Crippen molar-refractivity contribution in [1.82, 2.24) is 4.98 Å². The van der Waals surface area contributed by atoms with Crippen molar-refractivity contribution in [3.63, 3.8) is 0 Å². The Morgan fingerprint density at radius 2 is 2.42 bits per heavy atom. The zero-order valence-corrected chi connectivity index (χ0v) is 12.2. The maximum Gasteiger partial charge on any atom is 0.350 e. The van der Waals surface area contributed by atoms with Gasteiger partial charge in [0, 0.05) is 13.2 Å². The fourth-order valence-corrected chi connectivity index (χ4v) is 3.04. The standard InChI is InChI=1S/C13H20N2O3S/c1-9-11(12(16)17-2)19-13(15-9)14-7-6-10-5-3-4-8-18-10/h10H,3-8H2,1-2H3,(H,14,15). The average Bonchev–Trinajstić information content (AvgIpc) is 2.80.